The molecule has 0 amide bonds. The van der Waals surface area contributed by atoms with Crippen molar-refractivity contribution in [3.05, 3.63) is 167 Å². The minimum atomic E-state index is -1.41. The number of esters is 4. The van der Waals surface area contributed by atoms with Crippen molar-refractivity contribution < 1.29 is 56.4 Å². The lowest BCUT2D eigenvalue weighted by Gasteiger charge is -2.11. The molecular formula is C64H72F2O10. The number of ether oxygens (including phenoxy) is 6. The maximum Gasteiger partial charge on any atom is 0.343 e. The fraction of sp³-hybridized carbons (Fsp3) is 0.375. The zero-order valence-electron chi connectivity index (χ0n) is 44.1. The van der Waals surface area contributed by atoms with Gasteiger partial charge in [0.05, 0.1) is 35.5 Å². The summed E-state index contributed by atoms with van der Waals surface area (Å²) in [4.78, 5) is 51.8. The zero-order valence-corrected chi connectivity index (χ0v) is 44.1. The molecule has 6 aromatic carbocycles. The predicted molar refractivity (Wildman–Crippen MR) is 292 cm³/mol. The van der Waals surface area contributed by atoms with Gasteiger partial charge in [0.2, 0.25) is 5.82 Å². The van der Waals surface area contributed by atoms with Crippen LogP contribution < -0.4 is 28.4 Å². The summed E-state index contributed by atoms with van der Waals surface area (Å²) in [5.74, 6) is -4.48. The Labute approximate surface area is 447 Å². The number of carbonyl (C=O) groups excluding carboxylic acids is 4. The Bertz CT molecular complexity index is 2720. The number of benzene rings is 6. The van der Waals surface area contributed by atoms with E-state index >= 15 is 8.78 Å². The van der Waals surface area contributed by atoms with Crippen LogP contribution in [0.15, 0.2) is 133 Å². The van der Waals surface area contributed by atoms with Gasteiger partial charge in [0.25, 0.3) is 0 Å². The van der Waals surface area contributed by atoms with Crippen molar-refractivity contribution in [2.75, 3.05) is 13.2 Å². The Morgan fingerprint density at radius 2 is 0.684 bits per heavy atom. The average Bonchev–Trinajstić information content (AvgIpc) is 3.43. The highest BCUT2D eigenvalue weighted by Crippen LogP contribution is 2.33. The largest absolute Gasteiger partial charge is 0.494 e. The van der Waals surface area contributed by atoms with E-state index in [0.29, 0.717) is 35.8 Å². The fourth-order valence-electron chi connectivity index (χ4n) is 8.47. The van der Waals surface area contributed by atoms with Crippen molar-refractivity contribution in [3.8, 4) is 45.6 Å². The normalized spacial score (nSPS) is 10.9. The summed E-state index contributed by atoms with van der Waals surface area (Å²) in [5.41, 5.74) is 0.803. The van der Waals surface area contributed by atoms with Gasteiger partial charge < -0.3 is 28.4 Å². The minimum Gasteiger partial charge on any atom is -0.494 e. The first kappa shape index (κ1) is 57.9. The number of hydrogen-bond acceptors (Lipinski definition) is 10. The van der Waals surface area contributed by atoms with Crippen molar-refractivity contribution in [1.29, 1.82) is 0 Å². The highest BCUT2D eigenvalue weighted by atomic mass is 19.2. The molecule has 12 heteroatoms. The smallest absolute Gasteiger partial charge is 0.343 e. The fourth-order valence-corrected chi connectivity index (χ4v) is 8.47. The Kier molecular flexibility index (Phi) is 24.5. The van der Waals surface area contributed by atoms with Gasteiger partial charge in [0, 0.05) is 5.56 Å². The molecule has 0 bridgehead atoms. The van der Waals surface area contributed by atoms with Crippen molar-refractivity contribution in [1.82, 2.24) is 0 Å². The summed E-state index contributed by atoms with van der Waals surface area (Å²) >= 11 is 0. The van der Waals surface area contributed by atoms with Gasteiger partial charge in [0.1, 0.15) is 28.7 Å². The highest BCUT2D eigenvalue weighted by Gasteiger charge is 2.21. The molecule has 0 aliphatic rings. The van der Waals surface area contributed by atoms with Gasteiger partial charge in [-0.3, -0.25) is 0 Å². The average molecular weight is 1040 g/mol. The molecule has 0 heterocycles. The van der Waals surface area contributed by atoms with Gasteiger partial charge >= 0.3 is 23.9 Å². The first-order valence-electron chi connectivity index (χ1n) is 27.2. The number of hydrogen-bond donors (Lipinski definition) is 0. The first-order valence-corrected chi connectivity index (χ1v) is 27.2. The first-order chi connectivity index (χ1) is 37.1. The van der Waals surface area contributed by atoms with E-state index in [-0.39, 0.29) is 39.5 Å². The quantitative estimate of drug-likeness (QED) is 0.0224. The lowest BCUT2D eigenvalue weighted by atomic mass is 10.0. The number of unbranched alkanes of at least 4 members (excludes halogenated alkanes) is 18. The molecule has 0 unspecified atom stereocenters. The van der Waals surface area contributed by atoms with Crippen LogP contribution in [0.3, 0.4) is 0 Å². The summed E-state index contributed by atoms with van der Waals surface area (Å²) in [6.45, 7) is 5.69. The zero-order chi connectivity index (χ0) is 53.7. The molecule has 402 valence electrons. The second-order valence-corrected chi connectivity index (χ2v) is 19.0. The third kappa shape index (κ3) is 19.4. The Morgan fingerprint density at radius 1 is 0.342 bits per heavy atom. The maximum atomic E-state index is 15.6. The second kappa shape index (κ2) is 32.2. The third-order valence-electron chi connectivity index (χ3n) is 12.9. The molecule has 0 saturated heterocycles. The molecule has 76 heavy (non-hydrogen) atoms. The predicted octanol–water partition coefficient (Wildman–Crippen LogP) is 17.1. The molecule has 6 rings (SSSR count). The molecule has 0 N–H and O–H groups in total. The second-order valence-electron chi connectivity index (χ2n) is 19.0. The number of carbonyl (C=O) groups is 4. The monoisotopic (exact) mass is 1040 g/mol. The Balaban J connectivity index is 0.907. The SMILES string of the molecule is CCCCCCCCCCCCOc1ccc(C(=O)Oc2ccc(C(=O)Oc3cccc(-c4ccc(OC(=O)c5ccc(OC(=O)c6ccc(OCCCCCCCCCCCC)cc6)cc5)c(F)c4F)c3)cc2)cc1. The van der Waals surface area contributed by atoms with Gasteiger partial charge in [0.15, 0.2) is 11.6 Å². The van der Waals surface area contributed by atoms with E-state index < -0.39 is 41.3 Å². The van der Waals surface area contributed by atoms with Crippen molar-refractivity contribution >= 4 is 23.9 Å². The van der Waals surface area contributed by atoms with Crippen LogP contribution in [0, 0.1) is 11.6 Å². The molecule has 10 nitrogen and oxygen atoms in total. The Hall–Kier alpha value is -7.34. The number of rotatable bonds is 33. The van der Waals surface area contributed by atoms with Crippen LogP contribution in [0.5, 0.6) is 34.5 Å². The van der Waals surface area contributed by atoms with Crippen LogP contribution >= 0.6 is 0 Å². The summed E-state index contributed by atoms with van der Waals surface area (Å²) < 4.78 is 64.4. The van der Waals surface area contributed by atoms with E-state index in [2.05, 4.69) is 13.8 Å². The third-order valence-corrected chi connectivity index (χ3v) is 12.9. The van der Waals surface area contributed by atoms with Crippen LogP contribution in [-0.4, -0.2) is 37.1 Å². The summed E-state index contributed by atoms with van der Waals surface area (Å²) in [7, 11) is 0. The van der Waals surface area contributed by atoms with E-state index in [9.17, 15) is 19.2 Å². The minimum absolute atomic E-state index is 0.000834. The molecule has 0 radical (unpaired) electrons. The molecule has 0 aromatic heterocycles. The maximum absolute atomic E-state index is 15.6. The van der Waals surface area contributed by atoms with Gasteiger partial charge in [-0.25, -0.2) is 23.6 Å². The van der Waals surface area contributed by atoms with Crippen LogP contribution in [0.25, 0.3) is 11.1 Å². The van der Waals surface area contributed by atoms with Crippen molar-refractivity contribution in [2.45, 2.75) is 142 Å². The van der Waals surface area contributed by atoms with Crippen LogP contribution in [0.4, 0.5) is 8.78 Å². The van der Waals surface area contributed by atoms with Gasteiger partial charge in [-0.1, -0.05) is 142 Å². The van der Waals surface area contributed by atoms with Gasteiger partial charge in [-0.15, -0.1) is 0 Å². The topological polar surface area (TPSA) is 124 Å². The summed E-state index contributed by atoms with van der Waals surface area (Å²) in [5, 5.41) is 0. The highest BCUT2D eigenvalue weighted by molar-refractivity contribution is 5.94. The van der Waals surface area contributed by atoms with E-state index in [1.165, 1.54) is 182 Å². The molecule has 0 aliphatic heterocycles. The molecule has 6 aromatic rings. The molecule has 0 atom stereocenters. The van der Waals surface area contributed by atoms with Crippen molar-refractivity contribution in [3.63, 3.8) is 0 Å². The lowest BCUT2D eigenvalue weighted by molar-refractivity contribution is 0.0717. The van der Waals surface area contributed by atoms with Crippen LogP contribution in [0.2, 0.25) is 0 Å². The van der Waals surface area contributed by atoms with Crippen LogP contribution in [-0.2, 0) is 0 Å². The molecular weight excluding hydrogens is 967 g/mol. The molecule has 0 aliphatic carbocycles. The van der Waals surface area contributed by atoms with Gasteiger partial charge in [-0.05, 0) is 140 Å². The van der Waals surface area contributed by atoms with Gasteiger partial charge in [-0.2, -0.15) is 4.39 Å². The summed E-state index contributed by atoms with van der Waals surface area (Å²) in [6.07, 6.45) is 24.9. The molecule has 0 fully saturated rings. The van der Waals surface area contributed by atoms with E-state index in [0.717, 1.165) is 31.7 Å². The number of halogens is 2. The van der Waals surface area contributed by atoms with E-state index in [4.69, 9.17) is 28.4 Å². The molecule has 0 spiro atoms. The van der Waals surface area contributed by atoms with Crippen molar-refractivity contribution in [2.24, 2.45) is 0 Å². The van der Waals surface area contributed by atoms with Crippen LogP contribution in [0.1, 0.15) is 184 Å². The van der Waals surface area contributed by atoms with E-state index in [1.807, 2.05) is 0 Å². The Morgan fingerprint density at radius 3 is 1.08 bits per heavy atom. The van der Waals surface area contributed by atoms with E-state index in [1.54, 1.807) is 48.5 Å². The standard InChI is InChI=1S/C64H72F2O10/c1-3-5-7-9-11-13-15-17-19-21-44-71-52-34-26-47(27-35-52)61(67)73-54-38-30-49(31-39-54)63(69)75-56-25-23-24-51(46-56)57-42-43-58(60(66)59(57)65)76-64(70)50-32-40-55(41-33-50)74-62(68)48-28-36-53(37-29-48)72-45-22-20-18-16-14-12-10-8-6-4-2/h23-43,46H,3-22,44-45H2,1-2H3. The summed E-state index contributed by atoms with van der Waals surface area (Å²) in [6, 6.07) is 32.9. The molecule has 0 saturated carbocycles. The lowest BCUT2D eigenvalue weighted by Crippen LogP contribution is -2.11.